The Morgan fingerprint density at radius 3 is 2.93 bits per heavy atom. The monoisotopic (exact) mass is 206 g/mol. The Kier molecular flexibility index (Phi) is 3.69. The lowest BCUT2D eigenvalue weighted by Crippen LogP contribution is -2.19. The number of nitrogens with two attached hydrogens (primary N) is 1. The molecular formula is C11H11FN2O. The molecule has 1 aromatic rings. The lowest BCUT2D eigenvalue weighted by molar-refractivity contribution is -0.118. The van der Waals surface area contributed by atoms with Gasteiger partial charge in [0.1, 0.15) is 5.82 Å². The summed E-state index contributed by atoms with van der Waals surface area (Å²) in [6.07, 6.45) is 0. The van der Waals surface area contributed by atoms with Crippen molar-refractivity contribution in [3.63, 3.8) is 0 Å². The van der Waals surface area contributed by atoms with Crippen molar-refractivity contribution in [3.05, 3.63) is 29.6 Å². The highest BCUT2D eigenvalue weighted by Crippen LogP contribution is 2.10. The van der Waals surface area contributed by atoms with Gasteiger partial charge < -0.3 is 11.1 Å². The van der Waals surface area contributed by atoms with Crippen molar-refractivity contribution < 1.29 is 9.18 Å². The van der Waals surface area contributed by atoms with Gasteiger partial charge in [-0.25, -0.2) is 4.39 Å². The molecule has 0 fully saturated rings. The van der Waals surface area contributed by atoms with Gasteiger partial charge in [0.15, 0.2) is 0 Å². The third-order valence-corrected chi connectivity index (χ3v) is 1.65. The number of carbonyl (C=O) groups excluding carboxylic acids is 1. The summed E-state index contributed by atoms with van der Waals surface area (Å²) in [5, 5.41) is 2.52. The van der Waals surface area contributed by atoms with E-state index in [2.05, 4.69) is 17.2 Å². The zero-order valence-electron chi connectivity index (χ0n) is 8.30. The standard InChI is InChI=1S/C11H11FN2O/c1-8(15)14-6-2-3-9-4-5-10(12)11(13)7-9/h4-5,7H,6,13H2,1H3,(H,14,15). The lowest BCUT2D eigenvalue weighted by atomic mass is 10.2. The number of halogens is 1. The molecule has 15 heavy (non-hydrogen) atoms. The third-order valence-electron chi connectivity index (χ3n) is 1.65. The van der Waals surface area contributed by atoms with Gasteiger partial charge in [0, 0.05) is 12.5 Å². The fraction of sp³-hybridized carbons (Fsp3) is 0.182. The maximum Gasteiger partial charge on any atom is 0.217 e. The van der Waals surface area contributed by atoms with E-state index in [1.807, 2.05) is 0 Å². The summed E-state index contributed by atoms with van der Waals surface area (Å²) in [5.41, 5.74) is 6.06. The van der Waals surface area contributed by atoms with E-state index in [1.54, 1.807) is 0 Å². The lowest BCUT2D eigenvalue weighted by Gasteiger charge is -1.96. The first-order valence-electron chi connectivity index (χ1n) is 4.38. The molecule has 0 heterocycles. The molecule has 0 radical (unpaired) electrons. The Morgan fingerprint density at radius 1 is 1.60 bits per heavy atom. The third kappa shape index (κ3) is 3.69. The predicted octanol–water partition coefficient (Wildman–Crippen LogP) is 0.896. The van der Waals surface area contributed by atoms with E-state index in [0.717, 1.165) is 0 Å². The summed E-state index contributed by atoms with van der Waals surface area (Å²) in [4.78, 5) is 10.5. The van der Waals surface area contributed by atoms with Gasteiger partial charge in [0.2, 0.25) is 5.91 Å². The average molecular weight is 206 g/mol. The first kappa shape index (κ1) is 11.1. The highest BCUT2D eigenvalue weighted by Gasteiger charge is 1.96. The van der Waals surface area contributed by atoms with E-state index >= 15 is 0 Å². The Morgan fingerprint density at radius 2 is 2.33 bits per heavy atom. The quantitative estimate of drug-likeness (QED) is 0.529. The number of anilines is 1. The van der Waals surface area contributed by atoms with Gasteiger partial charge in [0.05, 0.1) is 12.2 Å². The number of nitrogen functional groups attached to an aromatic ring is 1. The van der Waals surface area contributed by atoms with Crippen LogP contribution in [0.5, 0.6) is 0 Å². The summed E-state index contributed by atoms with van der Waals surface area (Å²) in [5.74, 6) is 4.88. The number of hydrogen-bond donors (Lipinski definition) is 2. The molecule has 0 saturated carbocycles. The van der Waals surface area contributed by atoms with Crippen LogP contribution in [0.3, 0.4) is 0 Å². The van der Waals surface area contributed by atoms with Crippen molar-refractivity contribution in [2.24, 2.45) is 0 Å². The molecule has 1 aromatic carbocycles. The van der Waals surface area contributed by atoms with Gasteiger partial charge in [-0.05, 0) is 18.2 Å². The molecule has 3 N–H and O–H groups in total. The van der Waals surface area contributed by atoms with Gasteiger partial charge in [-0.3, -0.25) is 4.79 Å². The van der Waals surface area contributed by atoms with Crippen LogP contribution in [0.1, 0.15) is 12.5 Å². The fourth-order valence-electron chi connectivity index (χ4n) is 0.936. The molecule has 1 amide bonds. The van der Waals surface area contributed by atoms with E-state index in [1.165, 1.54) is 25.1 Å². The molecule has 0 spiro atoms. The topological polar surface area (TPSA) is 55.1 Å². The van der Waals surface area contributed by atoms with Crippen LogP contribution in [0.15, 0.2) is 18.2 Å². The first-order chi connectivity index (χ1) is 7.09. The van der Waals surface area contributed by atoms with Crippen LogP contribution in [0.2, 0.25) is 0 Å². The minimum absolute atomic E-state index is 0.0707. The van der Waals surface area contributed by atoms with Crippen LogP contribution in [0, 0.1) is 17.7 Å². The maximum absolute atomic E-state index is 12.8. The molecule has 0 aliphatic rings. The summed E-state index contributed by atoms with van der Waals surface area (Å²) >= 11 is 0. The van der Waals surface area contributed by atoms with Crippen molar-refractivity contribution in [3.8, 4) is 11.8 Å². The van der Waals surface area contributed by atoms with Crippen molar-refractivity contribution in [1.29, 1.82) is 0 Å². The fourth-order valence-corrected chi connectivity index (χ4v) is 0.936. The largest absolute Gasteiger partial charge is 0.396 e. The number of rotatable bonds is 1. The van der Waals surface area contributed by atoms with Crippen LogP contribution in [0.4, 0.5) is 10.1 Å². The Hall–Kier alpha value is -2.02. The van der Waals surface area contributed by atoms with Gasteiger partial charge in [0.25, 0.3) is 0 Å². The van der Waals surface area contributed by atoms with Crippen LogP contribution in [-0.4, -0.2) is 12.5 Å². The molecule has 0 aromatic heterocycles. The highest BCUT2D eigenvalue weighted by atomic mass is 19.1. The van der Waals surface area contributed by atoms with E-state index in [4.69, 9.17) is 5.73 Å². The zero-order valence-corrected chi connectivity index (χ0v) is 8.30. The van der Waals surface area contributed by atoms with Gasteiger partial charge in [-0.2, -0.15) is 0 Å². The average Bonchev–Trinajstić information content (AvgIpc) is 2.18. The van der Waals surface area contributed by atoms with Crippen LogP contribution >= 0.6 is 0 Å². The molecule has 3 nitrogen and oxygen atoms in total. The Bertz CT molecular complexity index is 432. The Labute approximate surface area is 87.5 Å². The molecule has 0 aliphatic heterocycles. The number of benzene rings is 1. The molecule has 0 aliphatic carbocycles. The van der Waals surface area contributed by atoms with Gasteiger partial charge >= 0.3 is 0 Å². The highest BCUT2D eigenvalue weighted by molar-refractivity contribution is 5.73. The molecule has 0 unspecified atom stereocenters. The first-order valence-corrected chi connectivity index (χ1v) is 4.38. The van der Waals surface area contributed by atoms with E-state index < -0.39 is 5.82 Å². The van der Waals surface area contributed by atoms with E-state index in [-0.39, 0.29) is 18.1 Å². The Balaban J connectivity index is 2.64. The second kappa shape index (κ2) is 5.01. The van der Waals surface area contributed by atoms with Crippen LogP contribution in [0.25, 0.3) is 0 Å². The van der Waals surface area contributed by atoms with Crippen molar-refractivity contribution in [2.45, 2.75) is 6.92 Å². The summed E-state index contributed by atoms with van der Waals surface area (Å²) in [6.45, 7) is 1.68. The van der Waals surface area contributed by atoms with Gasteiger partial charge in [-0.1, -0.05) is 11.8 Å². The number of carbonyl (C=O) groups is 1. The zero-order chi connectivity index (χ0) is 11.3. The maximum atomic E-state index is 12.8. The summed E-state index contributed by atoms with van der Waals surface area (Å²) in [6, 6.07) is 4.25. The number of amides is 1. The van der Waals surface area contributed by atoms with Crippen molar-refractivity contribution in [1.82, 2.24) is 5.32 Å². The van der Waals surface area contributed by atoms with Crippen LogP contribution < -0.4 is 11.1 Å². The minimum Gasteiger partial charge on any atom is -0.396 e. The van der Waals surface area contributed by atoms with E-state index in [9.17, 15) is 9.18 Å². The molecule has 0 bridgehead atoms. The van der Waals surface area contributed by atoms with E-state index in [0.29, 0.717) is 5.56 Å². The predicted molar refractivity (Wildman–Crippen MR) is 56.4 cm³/mol. The molecule has 78 valence electrons. The molecule has 0 atom stereocenters. The number of nitrogens with one attached hydrogen (secondary N) is 1. The number of hydrogen-bond acceptors (Lipinski definition) is 2. The van der Waals surface area contributed by atoms with Crippen LogP contribution in [-0.2, 0) is 4.79 Å². The van der Waals surface area contributed by atoms with Gasteiger partial charge in [-0.15, -0.1) is 0 Å². The second-order valence-corrected chi connectivity index (χ2v) is 2.95. The second-order valence-electron chi connectivity index (χ2n) is 2.95. The smallest absolute Gasteiger partial charge is 0.217 e. The normalized spacial score (nSPS) is 8.93. The van der Waals surface area contributed by atoms with Crippen molar-refractivity contribution in [2.75, 3.05) is 12.3 Å². The van der Waals surface area contributed by atoms with Crippen molar-refractivity contribution >= 4 is 11.6 Å². The SMILES string of the molecule is CC(=O)NCC#Cc1ccc(F)c(N)c1. The summed E-state index contributed by atoms with van der Waals surface area (Å²) < 4.78 is 12.8. The molecule has 0 saturated heterocycles. The minimum atomic E-state index is -0.456. The molecule has 4 heteroatoms. The summed E-state index contributed by atoms with van der Waals surface area (Å²) in [7, 11) is 0. The molecular weight excluding hydrogens is 195 g/mol. The molecule has 1 rings (SSSR count).